The first-order chi connectivity index (χ1) is 7.75. The lowest BCUT2D eigenvalue weighted by molar-refractivity contribution is 0.245. The average molecular weight is 215 g/mol. The highest BCUT2D eigenvalue weighted by atomic mass is 16.3. The van der Waals surface area contributed by atoms with Crippen LogP contribution in [0.3, 0.4) is 0 Å². The zero-order chi connectivity index (χ0) is 11.1. The number of hydrogen-bond acceptors (Lipinski definition) is 2. The van der Waals surface area contributed by atoms with E-state index in [1.807, 2.05) is 31.3 Å². The van der Waals surface area contributed by atoms with Crippen molar-refractivity contribution >= 4 is 6.21 Å². The van der Waals surface area contributed by atoms with Crippen LogP contribution in [0.5, 0.6) is 5.75 Å². The van der Waals surface area contributed by atoms with E-state index >= 15 is 0 Å². The molecule has 2 unspecified atom stereocenters. The third-order valence-electron chi connectivity index (χ3n) is 4.13. The number of phenols is 1. The van der Waals surface area contributed by atoms with Crippen molar-refractivity contribution in [3.8, 4) is 5.75 Å². The molecule has 0 spiro atoms. The number of aliphatic imine (C=N–C) groups is 1. The fraction of sp³-hybridized carbons (Fsp3) is 0.500. The zero-order valence-electron chi connectivity index (χ0n) is 9.56. The predicted molar refractivity (Wildman–Crippen MR) is 65.1 cm³/mol. The van der Waals surface area contributed by atoms with Crippen LogP contribution in [-0.4, -0.2) is 17.4 Å². The fourth-order valence-electron chi connectivity index (χ4n) is 3.06. The molecule has 2 nitrogen and oxygen atoms in total. The summed E-state index contributed by atoms with van der Waals surface area (Å²) in [7, 11) is 0. The second kappa shape index (κ2) is 3.62. The Balaban J connectivity index is 1.79. The van der Waals surface area contributed by atoms with E-state index in [2.05, 4.69) is 4.99 Å². The van der Waals surface area contributed by atoms with Gasteiger partial charge in [0.15, 0.2) is 0 Å². The van der Waals surface area contributed by atoms with Gasteiger partial charge in [-0.3, -0.25) is 4.99 Å². The first kappa shape index (κ1) is 9.88. The van der Waals surface area contributed by atoms with Crippen molar-refractivity contribution in [2.45, 2.75) is 32.2 Å². The van der Waals surface area contributed by atoms with Gasteiger partial charge in [-0.1, -0.05) is 12.1 Å². The molecule has 0 amide bonds. The average Bonchev–Trinajstić information content (AvgIpc) is 2.86. The maximum atomic E-state index is 9.86. The molecule has 0 aromatic heterocycles. The van der Waals surface area contributed by atoms with Crippen LogP contribution in [0.15, 0.2) is 23.2 Å². The molecule has 0 radical (unpaired) electrons. The van der Waals surface area contributed by atoms with Crippen molar-refractivity contribution in [2.75, 3.05) is 0 Å². The third kappa shape index (κ3) is 1.44. The van der Waals surface area contributed by atoms with Crippen molar-refractivity contribution in [1.82, 2.24) is 0 Å². The molecule has 3 aliphatic rings. The zero-order valence-corrected chi connectivity index (χ0v) is 9.56. The molecule has 0 heterocycles. The van der Waals surface area contributed by atoms with E-state index in [0.717, 1.165) is 23.0 Å². The van der Waals surface area contributed by atoms with Gasteiger partial charge in [0.05, 0.1) is 6.04 Å². The van der Waals surface area contributed by atoms with Crippen LogP contribution in [0.25, 0.3) is 0 Å². The van der Waals surface area contributed by atoms with Crippen molar-refractivity contribution in [1.29, 1.82) is 0 Å². The summed E-state index contributed by atoms with van der Waals surface area (Å²) in [4.78, 5) is 4.64. The monoisotopic (exact) mass is 215 g/mol. The molecule has 0 saturated heterocycles. The molecule has 16 heavy (non-hydrogen) atoms. The Morgan fingerprint density at radius 1 is 1.31 bits per heavy atom. The smallest absolute Gasteiger partial charge is 0.127 e. The van der Waals surface area contributed by atoms with Gasteiger partial charge in [-0.25, -0.2) is 0 Å². The Morgan fingerprint density at radius 2 is 2.06 bits per heavy atom. The molecular weight excluding hydrogens is 198 g/mol. The second-order valence-corrected chi connectivity index (χ2v) is 5.11. The van der Waals surface area contributed by atoms with Gasteiger partial charge in [-0.05, 0) is 49.7 Å². The molecule has 3 saturated carbocycles. The quantitative estimate of drug-likeness (QED) is 0.756. The Labute approximate surface area is 96.0 Å². The molecule has 2 bridgehead atoms. The Hall–Kier alpha value is -1.31. The number of fused-ring (bicyclic) bond motifs is 1. The van der Waals surface area contributed by atoms with Crippen molar-refractivity contribution < 1.29 is 5.11 Å². The van der Waals surface area contributed by atoms with E-state index < -0.39 is 0 Å². The van der Waals surface area contributed by atoms with E-state index in [9.17, 15) is 5.11 Å². The summed E-state index contributed by atoms with van der Waals surface area (Å²) >= 11 is 0. The lowest BCUT2D eigenvalue weighted by Gasteiger charge is -2.32. The van der Waals surface area contributed by atoms with Gasteiger partial charge in [0.25, 0.3) is 0 Å². The summed E-state index contributed by atoms with van der Waals surface area (Å²) < 4.78 is 0. The Morgan fingerprint density at radius 3 is 2.75 bits per heavy atom. The summed E-state index contributed by atoms with van der Waals surface area (Å²) in [5.74, 6) is 2.03. The molecule has 4 rings (SSSR count). The van der Waals surface area contributed by atoms with E-state index in [0.29, 0.717) is 11.8 Å². The van der Waals surface area contributed by atoms with Gasteiger partial charge in [-0.2, -0.15) is 0 Å². The normalized spacial score (nSPS) is 31.9. The number of nitrogens with zero attached hydrogens (tertiary/aromatic N) is 1. The molecule has 84 valence electrons. The highest BCUT2D eigenvalue weighted by Crippen LogP contribution is 2.50. The maximum Gasteiger partial charge on any atom is 0.127 e. The minimum Gasteiger partial charge on any atom is -0.507 e. The SMILES string of the molecule is Cc1cccc(C=NC2C3CCC2C3)c1O. The van der Waals surface area contributed by atoms with Gasteiger partial charge in [0.2, 0.25) is 0 Å². The maximum absolute atomic E-state index is 9.86. The molecule has 1 N–H and O–H groups in total. The van der Waals surface area contributed by atoms with Crippen LogP contribution >= 0.6 is 0 Å². The van der Waals surface area contributed by atoms with Crippen LogP contribution in [0.4, 0.5) is 0 Å². The van der Waals surface area contributed by atoms with Gasteiger partial charge in [-0.15, -0.1) is 0 Å². The van der Waals surface area contributed by atoms with Crippen LogP contribution in [0.1, 0.15) is 30.4 Å². The number of phenolic OH excluding ortho intramolecular Hbond substituents is 1. The van der Waals surface area contributed by atoms with Gasteiger partial charge >= 0.3 is 0 Å². The first-order valence-electron chi connectivity index (χ1n) is 6.07. The van der Waals surface area contributed by atoms with Gasteiger partial charge in [0, 0.05) is 11.8 Å². The van der Waals surface area contributed by atoms with Crippen LogP contribution in [0, 0.1) is 18.8 Å². The van der Waals surface area contributed by atoms with Gasteiger partial charge < -0.3 is 5.11 Å². The molecule has 1 aromatic rings. The number of aryl methyl sites for hydroxylation is 1. The summed E-state index contributed by atoms with van der Waals surface area (Å²) in [6.45, 7) is 1.92. The summed E-state index contributed by atoms with van der Waals surface area (Å²) in [6, 6.07) is 6.35. The summed E-state index contributed by atoms with van der Waals surface area (Å²) in [6.07, 6.45) is 5.94. The highest BCUT2D eigenvalue weighted by molar-refractivity contribution is 5.84. The summed E-state index contributed by atoms with van der Waals surface area (Å²) in [5, 5.41) is 9.86. The molecule has 3 aliphatic carbocycles. The molecular formula is C14H17NO. The lowest BCUT2D eigenvalue weighted by Crippen LogP contribution is -2.31. The molecule has 0 aliphatic heterocycles. The largest absolute Gasteiger partial charge is 0.507 e. The Kier molecular flexibility index (Phi) is 2.23. The van der Waals surface area contributed by atoms with Crippen LogP contribution in [0.2, 0.25) is 0 Å². The molecule has 3 fully saturated rings. The van der Waals surface area contributed by atoms with Crippen molar-refractivity contribution in [3.05, 3.63) is 29.3 Å². The standard InChI is InChI=1S/C14H17NO/c1-9-3-2-4-12(14(9)16)8-15-13-10-5-6-11(13)7-10/h2-4,8,10-11,13,16H,5-7H2,1H3. The van der Waals surface area contributed by atoms with E-state index in [-0.39, 0.29) is 0 Å². The van der Waals surface area contributed by atoms with Crippen LogP contribution in [-0.2, 0) is 0 Å². The first-order valence-corrected chi connectivity index (χ1v) is 6.07. The Bertz CT molecular complexity index is 424. The highest BCUT2D eigenvalue weighted by Gasteiger charge is 2.46. The topological polar surface area (TPSA) is 32.6 Å². The number of benzene rings is 1. The minimum absolute atomic E-state index is 0.373. The second-order valence-electron chi connectivity index (χ2n) is 5.11. The van der Waals surface area contributed by atoms with Crippen LogP contribution < -0.4 is 0 Å². The van der Waals surface area contributed by atoms with Crippen molar-refractivity contribution in [3.63, 3.8) is 0 Å². The molecule has 2 atom stereocenters. The minimum atomic E-state index is 0.373. The lowest BCUT2D eigenvalue weighted by atomic mass is 9.79. The molecule has 1 aromatic carbocycles. The van der Waals surface area contributed by atoms with E-state index in [4.69, 9.17) is 0 Å². The summed E-state index contributed by atoms with van der Waals surface area (Å²) in [5.41, 5.74) is 1.77. The number of rotatable bonds is 2. The van der Waals surface area contributed by atoms with E-state index in [1.165, 1.54) is 19.3 Å². The van der Waals surface area contributed by atoms with E-state index in [1.54, 1.807) is 0 Å². The van der Waals surface area contributed by atoms with Gasteiger partial charge in [0.1, 0.15) is 5.75 Å². The molecule has 2 heteroatoms. The number of aromatic hydroxyl groups is 1. The predicted octanol–water partition coefficient (Wildman–Crippen LogP) is 2.92. The number of hydrogen-bond donors (Lipinski definition) is 1. The van der Waals surface area contributed by atoms with Crippen molar-refractivity contribution in [2.24, 2.45) is 16.8 Å². The fourth-order valence-corrected chi connectivity index (χ4v) is 3.06. The third-order valence-corrected chi connectivity index (χ3v) is 4.13. The number of para-hydroxylation sites is 1.